The van der Waals surface area contributed by atoms with Crippen molar-refractivity contribution in [2.24, 2.45) is 0 Å². The number of unbranched alkanes of at least 4 members (excludes halogenated alkanes) is 2. The van der Waals surface area contributed by atoms with Crippen molar-refractivity contribution in [3.8, 4) is 0 Å². The van der Waals surface area contributed by atoms with Crippen LogP contribution >= 0.6 is 0 Å². The number of morpholine rings is 1. The summed E-state index contributed by atoms with van der Waals surface area (Å²) in [7, 11) is 0. The maximum atomic E-state index is 12.4. The summed E-state index contributed by atoms with van der Waals surface area (Å²) in [5, 5.41) is 3.20. The normalized spacial score (nSPS) is 15.0. The number of carbonyl (C=O) groups excluding carboxylic acids is 1. The van der Waals surface area contributed by atoms with Gasteiger partial charge in [-0.3, -0.25) is 4.79 Å². The predicted octanol–water partition coefficient (Wildman–Crippen LogP) is 1.86. The zero-order chi connectivity index (χ0) is 15.1. The maximum Gasteiger partial charge on any atom is 0.272 e. The lowest BCUT2D eigenvalue weighted by molar-refractivity contribution is 0.0299. The van der Waals surface area contributed by atoms with E-state index in [-0.39, 0.29) is 5.91 Å². The fourth-order valence-corrected chi connectivity index (χ4v) is 2.26. The first-order chi connectivity index (χ1) is 10.2. The Hall–Kier alpha value is -1.69. The van der Waals surface area contributed by atoms with Crippen LogP contribution in [0.25, 0.3) is 0 Å². The number of anilines is 1. The molecular weight excluding hydrogens is 268 g/mol. The molecule has 2 rings (SSSR count). The molecule has 1 N–H and O–H groups in total. The first kappa shape index (κ1) is 15.7. The minimum absolute atomic E-state index is 0.0413. The Morgan fingerprint density at radius 2 is 2.10 bits per heavy atom. The number of nitrogens with one attached hydrogen (secondary N) is 1. The van der Waals surface area contributed by atoms with Gasteiger partial charge in [0.05, 0.1) is 13.2 Å². The van der Waals surface area contributed by atoms with Crippen LogP contribution in [0, 0.1) is 6.92 Å². The largest absolute Gasteiger partial charge is 0.378 e. The van der Waals surface area contributed by atoms with Crippen LogP contribution in [0.1, 0.15) is 42.4 Å². The van der Waals surface area contributed by atoms with Gasteiger partial charge in [0.1, 0.15) is 5.69 Å². The van der Waals surface area contributed by atoms with E-state index < -0.39 is 0 Å². The minimum atomic E-state index is -0.0413. The smallest absolute Gasteiger partial charge is 0.272 e. The number of nitrogens with zero attached hydrogens (tertiary/aromatic N) is 3. The molecule has 1 aromatic rings. The molecule has 1 aliphatic heterocycles. The number of amides is 1. The molecule has 6 heteroatoms. The van der Waals surface area contributed by atoms with E-state index in [1.54, 1.807) is 11.0 Å². The Kier molecular flexibility index (Phi) is 5.92. The van der Waals surface area contributed by atoms with Gasteiger partial charge in [-0.05, 0) is 19.4 Å². The average Bonchev–Trinajstić information content (AvgIpc) is 2.51. The van der Waals surface area contributed by atoms with Crippen molar-refractivity contribution in [1.82, 2.24) is 14.9 Å². The monoisotopic (exact) mass is 292 g/mol. The Bertz CT molecular complexity index is 473. The highest BCUT2D eigenvalue weighted by Crippen LogP contribution is 2.10. The summed E-state index contributed by atoms with van der Waals surface area (Å²) in [6.45, 7) is 7.33. The molecule has 6 nitrogen and oxygen atoms in total. The number of rotatable bonds is 6. The minimum Gasteiger partial charge on any atom is -0.378 e. The van der Waals surface area contributed by atoms with Gasteiger partial charge in [0.25, 0.3) is 5.91 Å². The van der Waals surface area contributed by atoms with Gasteiger partial charge in [-0.25, -0.2) is 9.97 Å². The fourth-order valence-electron chi connectivity index (χ4n) is 2.26. The molecule has 0 aromatic carbocycles. The second-order valence-corrected chi connectivity index (χ2v) is 5.26. The highest BCUT2D eigenvalue weighted by atomic mass is 16.5. The van der Waals surface area contributed by atoms with Crippen molar-refractivity contribution in [2.75, 3.05) is 38.2 Å². The van der Waals surface area contributed by atoms with E-state index in [4.69, 9.17) is 4.74 Å². The third kappa shape index (κ3) is 4.67. The molecule has 0 bridgehead atoms. The van der Waals surface area contributed by atoms with Crippen molar-refractivity contribution in [1.29, 1.82) is 0 Å². The van der Waals surface area contributed by atoms with E-state index in [1.165, 1.54) is 12.8 Å². The van der Waals surface area contributed by atoms with Crippen LogP contribution in [0.2, 0.25) is 0 Å². The van der Waals surface area contributed by atoms with E-state index >= 15 is 0 Å². The molecule has 0 atom stereocenters. The van der Waals surface area contributed by atoms with E-state index in [1.807, 2.05) is 6.92 Å². The standard InChI is InChI=1S/C15H24N4O2/c1-3-4-5-6-16-15-17-12(2)11-13(18-15)14(20)19-7-9-21-10-8-19/h11H,3-10H2,1-2H3,(H,16,17,18). The summed E-state index contributed by atoms with van der Waals surface area (Å²) >= 11 is 0. The third-order valence-electron chi connectivity index (χ3n) is 3.44. The molecule has 1 aromatic heterocycles. The van der Waals surface area contributed by atoms with E-state index in [9.17, 15) is 4.79 Å². The number of carbonyl (C=O) groups is 1. The van der Waals surface area contributed by atoms with Crippen LogP contribution in [0.3, 0.4) is 0 Å². The molecule has 0 saturated carbocycles. The summed E-state index contributed by atoms with van der Waals surface area (Å²) in [6.07, 6.45) is 3.44. The average molecular weight is 292 g/mol. The zero-order valence-electron chi connectivity index (χ0n) is 12.9. The Balaban J connectivity index is 2.01. The molecule has 116 valence electrons. The van der Waals surface area contributed by atoms with Gasteiger partial charge in [-0.15, -0.1) is 0 Å². The van der Waals surface area contributed by atoms with Gasteiger partial charge in [-0.1, -0.05) is 19.8 Å². The van der Waals surface area contributed by atoms with Crippen molar-refractivity contribution in [2.45, 2.75) is 33.1 Å². The SMILES string of the molecule is CCCCCNc1nc(C)cc(C(=O)N2CCOCC2)n1. The molecule has 1 fully saturated rings. The third-order valence-corrected chi connectivity index (χ3v) is 3.44. The lowest BCUT2D eigenvalue weighted by Crippen LogP contribution is -2.41. The summed E-state index contributed by atoms with van der Waals surface area (Å²) in [6, 6.07) is 1.75. The molecule has 0 unspecified atom stereocenters. The zero-order valence-corrected chi connectivity index (χ0v) is 12.9. The van der Waals surface area contributed by atoms with E-state index in [0.29, 0.717) is 37.9 Å². The Labute approximate surface area is 125 Å². The van der Waals surface area contributed by atoms with Crippen LogP contribution in [0.4, 0.5) is 5.95 Å². The van der Waals surface area contributed by atoms with Crippen LogP contribution in [-0.2, 0) is 4.74 Å². The Morgan fingerprint density at radius 3 is 2.81 bits per heavy atom. The lowest BCUT2D eigenvalue weighted by Gasteiger charge is -2.26. The van der Waals surface area contributed by atoms with Gasteiger partial charge in [-0.2, -0.15) is 0 Å². The molecule has 0 radical (unpaired) electrons. The van der Waals surface area contributed by atoms with Gasteiger partial charge >= 0.3 is 0 Å². The first-order valence-electron chi connectivity index (χ1n) is 7.67. The topological polar surface area (TPSA) is 67.4 Å². The van der Waals surface area contributed by atoms with Crippen LogP contribution in [0.5, 0.6) is 0 Å². The van der Waals surface area contributed by atoms with Crippen molar-refractivity contribution in [3.63, 3.8) is 0 Å². The molecule has 1 saturated heterocycles. The summed E-state index contributed by atoms with van der Waals surface area (Å²) in [4.78, 5) is 22.9. The number of hydrogen-bond donors (Lipinski definition) is 1. The van der Waals surface area contributed by atoms with Crippen LogP contribution in [0.15, 0.2) is 6.07 Å². The number of aryl methyl sites for hydroxylation is 1. The molecular formula is C15H24N4O2. The van der Waals surface area contributed by atoms with Crippen molar-refractivity contribution < 1.29 is 9.53 Å². The highest BCUT2D eigenvalue weighted by Gasteiger charge is 2.20. The molecule has 0 spiro atoms. The van der Waals surface area contributed by atoms with Gasteiger partial charge in [0.2, 0.25) is 5.95 Å². The maximum absolute atomic E-state index is 12.4. The van der Waals surface area contributed by atoms with Gasteiger partial charge in [0.15, 0.2) is 0 Å². The summed E-state index contributed by atoms with van der Waals surface area (Å²) in [5.74, 6) is 0.503. The molecule has 1 amide bonds. The Morgan fingerprint density at radius 1 is 1.33 bits per heavy atom. The predicted molar refractivity (Wildman–Crippen MR) is 81.5 cm³/mol. The lowest BCUT2D eigenvalue weighted by atomic mass is 10.2. The van der Waals surface area contributed by atoms with Gasteiger partial charge in [0, 0.05) is 25.3 Å². The molecule has 21 heavy (non-hydrogen) atoms. The van der Waals surface area contributed by atoms with Crippen LogP contribution < -0.4 is 5.32 Å². The number of ether oxygens (including phenoxy) is 1. The summed E-state index contributed by atoms with van der Waals surface area (Å²) < 4.78 is 5.27. The van der Waals surface area contributed by atoms with E-state index in [2.05, 4.69) is 22.2 Å². The fraction of sp³-hybridized carbons (Fsp3) is 0.667. The first-order valence-corrected chi connectivity index (χ1v) is 7.67. The molecule has 1 aliphatic rings. The second kappa shape index (κ2) is 7.93. The van der Waals surface area contributed by atoms with Gasteiger partial charge < -0.3 is 15.0 Å². The summed E-state index contributed by atoms with van der Waals surface area (Å²) in [5.41, 5.74) is 1.27. The highest BCUT2D eigenvalue weighted by molar-refractivity contribution is 5.92. The quantitative estimate of drug-likeness (QED) is 0.811. The van der Waals surface area contributed by atoms with Crippen molar-refractivity contribution >= 4 is 11.9 Å². The van der Waals surface area contributed by atoms with Crippen LogP contribution in [-0.4, -0.2) is 53.6 Å². The molecule has 2 heterocycles. The number of aromatic nitrogens is 2. The van der Waals surface area contributed by atoms with Crippen molar-refractivity contribution in [3.05, 3.63) is 17.5 Å². The number of hydrogen-bond acceptors (Lipinski definition) is 5. The van der Waals surface area contributed by atoms with E-state index in [0.717, 1.165) is 18.7 Å². The second-order valence-electron chi connectivity index (χ2n) is 5.26. The molecule has 0 aliphatic carbocycles.